The van der Waals surface area contributed by atoms with Gasteiger partial charge in [-0.15, -0.1) is 0 Å². The number of aromatic nitrogens is 1. The number of hydrogen-bond acceptors (Lipinski definition) is 5. The number of rotatable bonds is 5. The molecular formula is C24H19NO4. The van der Waals surface area contributed by atoms with E-state index in [0.717, 1.165) is 11.1 Å². The van der Waals surface area contributed by atoms with Gasteiger partial charge in [0.25, 0.3) is 0 Å². The minimum Gasteiger partial charge on any atom is -0.451 e. The average Bonchev–Trinajstić information content (AvgIpc) is 3.17. The van der Waals surface area contributed by atoms with Gasteiger partial charge in [-0.3, -0.25) is 4.79 Å². The van der Waals surface area contributed by atoms with Crippen LogP contribution in [0.15, 0.2) is 77.3 Å². The molecule has 0 amide bonds. The Hall–Kier alpha value is -3.73. The van der Waals surface area contributed by atoms with Gasteiger partial charge >= 0.3 is 5.97 Å². The largest absolute Gasteiger partial charge is 0.451 e. The second kappa shape index (κ2) is 7.72. The highest BCUT2D eigenvalue weighted by Crippen LogP contribution is 2.29. The van der Waals surface area contributed by atoms with E-state index in [2.05, 4.69) is 5.16 Å². The van der Waals surface area contributed by atoms with E-state index in [1.807, 2.05) is 49.4 Å². The van der Waals surface area contributed by atoms with Gasteiger partial charge in [0.1, 0.15) is 5.52 Å². The van der Waals surface area contributed by atoms with E-state index in [9.17, 15) is 9.59 Å². The summed E-state index contributed by atoms with van der Waals surface area (Å²) in [6, 6.07) is 21.7. The standard InChI is InChI=1S/C24H19NO4/c1-15-8-10-17(11-9-15)22(26)16(2)28-24(27)19-12-13-21-20(14-19)23(29-25-21)18-6-4-3-5-7-18/h3-14,16H,1-2H3/t16-/m1/s1. The molecular weight excluding hydrogens is 366 g/mol. The second-order valence-electron chi connectivity index (χ2n) is 6.89. The first-order valence-corrected chi connectivity index (χ1v) is 9.29. The van der Waals surface area contributed by atoms with Crippen molar-refractivity contribution in [2.24, 2.45) is 0 Å². The zero-order valence-corrected chi connectivity index (χ0v) is 16.1. The summed E-state index contributed by atoms with van der Waals surface area (Å²) in [4.78, 5) is 25.2. The first-order valence-electron chi connectivity index (χ1n) is 9.29. The molecule has 144 valence electrons. The molecule has 5 heteroatoms. The predicted molar refractivity (Wildman–Crippen MR) is 110 cm³/mol. The number of benzene rings is 3. The minimum absolute atomic E-state index is 0.241. The Labute approximate surface area is 167 Å². The lowest BCUT2D eigenvalue weighted by Crippen LogP contribution is -2.24. The Kier molecular flexibility index (Phi) is 4.96. The number of ether oxygens (including phenoxy) is 1. The van der Waals surface area contributed by atoms with E-state index in [0.29, 0.717) is 27.8 Å². The van der Waals surface area contributed by atoms with Crippen LogP contribution in [0.4, 0.5) is 0 Å². The molecule has 4 rings (SSSR count). The highest BCUT2D eigenvalue weighted by Gasteiger charge is 2.21. The molecule has 1 heterocycles. The Balaban J connectivity index is 1.57. The molecule has 29 heavy (non-hydrogen) atoms. The molecule has 0 aliphatic heterocycles. The summed E-state index contributed by atoms with van der Waals surface area (Å²) < 4.78 is 10.9. The smallest absolute Gasteiger partial charge is 0.338 e. The first kappa shape index (κ1) is 18.6. The van der Waals surface area contributed by atoms with Gasteiger partial charge in [-0.25, -0.2) is 4.79 Å². The van der Waals surface area contributed by atoms with Crippen molar-refractivity contribution < 1.29 is 18.8 Å². The van der Waals surface area contributed by atoms with Crippen LogP contribution in [0.3, 0.4) is 0 Å². The Bertz CT molecular complexity index is 1180. The number of Topliss-reactive ketones (excluding diaryl/α,β-unsaturated/α-hetero) is 1. The highest BCUT2D eigenvalue weighted by molar-refractivity contribution is 6.03. The van der Waals surface area contributed by atoms with Crippen LogP contribution in [0.5, 0.6) is 0 Å². The Morgan fingerprint density at radius 2 is 1.62 bits per heavy atom. The predicted octanol–water partition coefficient (Wildman–Crippen LogP) is 5.23. The van der Waals surface area contributed by atoms with Crippen LogP contribution in [0.1, 0.15) is 33.2 Å². The van der Waals surface area contributed by atoms with E-state index < -0.39 is 12.1 Å². The number of hydrogen-bond donors (Lipinski definition) is 0. The Morgan fingerprint density at radius 3 is 2.34 bits per heavy atom. The maximum atomic E-state index is 12.6. The molecule has 0 bridgehead atoms. The monoisotopic (exact) mass is 385 g/mol. The fourth-order valence-corrected chi connectivity index (χ4v) is 3.10. The third kappa shape index (κ3) is 3.80. The summed E-state index contributed by atoms with van der Waals surface area (Å²) in [5.74, 6) is -0.228. The molecule has 0 spiro atoms. The van der Waals surface area contributed by atoms with E-state index in [-0.39, 0.29) is 5.78 Å². The molecule has 0 unspecified atom stereocenters. The normalized spacial score (nSPS) is 11.9. The van der Waals surface area contributed by atoms with Crippen molar-refractivity contribution in [3.63, 3.8) is 0 Å². The van der Waals surface area contributed by atoms with Crippen LogP contribution in [0.25, 0.3) is 22.2 Å². The summed E-state index contributed by atoms with van der Waals surface area (Å²) >= 11 is 0. The number of ketones is 1. The van der Waals surface area contributed by atoms with Gasteiger partial charge in [0, 0.05) is 11.1 Å². The van der Waals surface area contributed by atoms with Crippen molar-refractivity contribution in [2.45, 2.75) is 20.0 Å². The third-order valence-corrected chi connectivity index (χ3v) is 4.74. The summed E-state index contributed by atoms with van der Waals surface area (Å²) in [5, 5.41) is 4.76. The topological polar surface area (TPSA) is 69.4 Å². The molecule has 3 aromatic carbocycles. The van der Waals surface area contributed by atoms with Gasteiger partial charge in [-0.05, 0) is 32.0 Å². The van der Waals surface area contributed by atoms with E-state index in [1.165, 1.54) is 0 Å². The van der Waals surface area contributed by atoms with Crippen LogP contribution in [0.2, 0.25) is 0 Å². The number of nitrogens with zero attached hydrogens (tertiary/aromatic N) is 1. The molecule has 0 aliphatic rings. The fourth-order valence-electron chi connectivity index (χ4n) is 3.10. The van der Waals surface area contributed by atoms with Crippen LogP contribution in [-0.4, -0.2) is 23.0 Å². The molecule has 0 saturated heterocycles. The third-order valence-electron chi connectivity index (χ3n) is 4.74. The van der Waals surface area contributed by atoms with Gasteiger partial charge in [-0.2, -0.15) is 0 Å². The van der Waals surface area contributed by atoms with Crippen molar-refractivity contribution in [2.75, 3.05) is 0 Å². The summed E-state index contributed by atoms with van der Waals surface area (Å²) in [6.07, 6.45) is -0.892. The molecule has 4 aromatic rings. The van der Waals surface area contributed by atoms with Crippen molar-refractivity contribution in [1.29, 1.82) is 0 Å². The van der Waals surface area contributed by atoms with Gasteiger partial charge in [0.05, 0.1) is 10.9 Å². The molecule has 0 radical (unpaired) electrons. The Morgan fingerprint density at radius 1 is 0.931 bits per heavy atom. The van der Waals surface area contributed by atoms with E-state index in [4.69, 9.17) is 9.26 Å². The quantitative estimate of drug-likeness (QED) is 0.347. The first-order chi connectivity index (χ1) is 14.0. The van der Waals surface area contributed by atoms with Crippen molar-refractivity contribution >= 4 is 22.7 Å². The van der Waals surface area contributed by atoms with E-state index in [1.54, 1.807) is 37.3 Å². The lowest BCUT2D eigenvalue weighted by Gasteiger charge is -2.12. The summed E-state index contributed by atoms with van der Waals surface area (Å²) in [5.41, 5.74) is 3.41. The molecule has 5 nitrogen and oxygen atoms in total. The van der Waals surface area contributed by atoms with Crippen molar-refractivity contribution in [1.82, 2.24) is 5.16 Å². The zero-order valence-electron chi connectivity index (χ0n) is 16.1. The molecule has 0 aliphatic carbocycles. The van der Waals surface area contributed by atoms with Crippen molar-refractivity contribution in [3.8, 4) is 11.3 Å². The minimum atomic E-state index is -0.892. The molecule has 1 aromatic heterocycles. The number of fused-ring (bicyclic) bond motifs is 1. The van der Waals surface area contributed by atoms with Gasteiger partial charge < -0.3 is 9.26 Å². The number of aryl methyl sites for hydroxylation is 1. The van der Waals surface area contributed by atoms with Gasteiger partial charge in [0.2, 0.25) is 5.78 Å². The lowest BCUT2D eigenvalue weighted by molar-refractivity contribution is 0.0319. The average molecular weight is 385 g/mol. The van der Waals surface area contributed by atoms with Gasteiger partial charge in [-0.1, -0.05) is 65.3 Å². The fraction of sp³-hybridized carbons (Fsp3) is 0.125. The van der Waals surface area contributed by atoms with Crippen molar-refractivity contribution in [3.05, 3.63) is 89.5 Å². The van der Waals surface area contributed by atoms with Crippen LogP contribution >= 0.6 is 0 Å². The zero-order chi connectivity index (χ0) is 20.4. The van der Waals surface area contributed by atoms with E-state index >= 15 is 0 Å². The number of carbonyl (C=O) groups is 2. The summed E-state index contributed by atoms with van der Waals surface area (Å²) in [6.45, 7) is 3.52. The van der Waals surface area contributed by atoms with Crippen LogP contribution < -0.4 is 0 Å². The number of esters is 1. The summed E-state index contributed by atoms with van der Waals surface area (Å²) in [7, 11) is 0. The lowest BCUT2D eigenvalue weighted by atomic mass is 10.0. The highest BCUT2D eigenvalue weighted by atomic mass is 16.5. The SMILES string of the molecule is Cc1ccc(C(=O)[C@@H](C)OC(=O)c2ccc3noc(-c4ccccc4)c3c2)cc1. The molecule has 0 N–H and O–H groups in total. The maximum Gasteiger partial charge on any atom is 0.338 e. The maximum absolute atomic E-state index is 12.6. The number of carbonyl (C=O) groups excluding carboxylic acids is 2. The van der Waals surface area contributed by atoms with Gasteiger partial charge in [0.15, 0.2) is 11.9 Å². The molecule has 1 atom stereocenters. The second-order valence-corrected chi connectivity index (χ2v) is 6.89. The van der Waals surface area contributed by atoms with Crippen LogP contribution in [0, 0.1) is 6.92 Å². The van der Waals surface area contributed by atoms with Crippen LogP contribution in [-0.2, 0) is 4.74 Å². The molecule has 0 fully saturated rings. The molecule has 0 saturated carbocycles.